The van der Waals surface area contributed by atoms with Crippen LogP contribution in [-0.4, -0.2) is 4.98 Å². The predicted octanol–water partition coefficient (Wildman–Crippen LogP) is 9.06. The van der Waals surface area contributed by atoms with Gasteiger partial charge in [0.15, 0.2) is 0 Å². The van der Waals surface area contributed by atoms with Crippen LogP contribution in [0.15, 0.2) is 134 Å². The first kappa shape index (κ1) is 20.0. The number of rotatable bonds is 0. The van der Waals surface area contributed by atoms with E-state index in [0.717, 1.165) is 5.52 Å². The van der Waals surface area contributed by atoms with E-state index in [2.05, 4.69) is 89.9 Å². The van der Waals surface area contributed by atoms with Gasteiger partial charge in [-0.2, -0.15) is 0 Å². The van der Waals surface area contributed by atoms with Crippen LogP contribution in [0.1, 0.15) is 0 Å². The van der Waals surface area contributed by atoms with E-state index in [1.807, 2.05) is 60.0 Å². The molecule has 0 amide bonds. The van der Waals surface area contributed by atoms with Crippen LogP contribution in [0.3, 0.4) is 0 Å². The van der Waals surface area contributed by atoms with Gasteiger partial charge in [-0.15, -0.1) is 11.3 Å². The van der Waals surface area contributed by atoms with Gasteiger partial charge in [-0.3, -0.25) is 0 Å². The van der Waals surface area contributed by atoms with Crippen molar-refractivity contribution in [3.05, 3.63) is 134 Å². The Hall–Kier alpha value is -3.88. The van der Waals surface area contributed by atoms with Crippen LogP contribution in [0, 0.1) is 0 Å². The number of para-hydroxylation sites is 1. The van der Waals surface area contributed by atoms with Crippen molar-refractivity contribution in [1.82, 2.24) is 4.98 Å². The van der Waals surface area contributed by atoms with Crippen LogP contribution in [0.25, 0.3) is 41.8 Å². The molecule has 0 aliphatic rings. The van der Waals surface area contributed by atoms with Gasteiger partial charge in [0, 0.05) is 37.3 Å². The molecule has 3 aromatic carbocycles. The monoisotopic (exact) mass is 429 g/mol. The number of benzene rings is 3. The Labute approximate surface area is 191 Å². The number of aromatic nitrogens is 1. The second kappa shape index (κ2) is 9.51. The number of thiophene rings is 1. The molecule has 0 saturated carbocycles. The molecule has 0 unspecified atom stereocenters. The number of hydrogen-bond acceptors (Lipinski definition) is 1. The van der Waals surface area contributed by atoms with Gasteiger partial charge in [0.2, 0.25) is 0 Å². The fourth-order valence-electron chi connectivity index (χ4n) is 3.87. The van der Waals surface area contributed by atoms with Crippen molar-refractivity contribution in [1.29, 1.82) is 0 Å². The molecule has 0 aliphatic carbocycles. The Morgan fingerprint density at radius 3 is 1.88 bits per heavy atom. The van der Waals surface area contributed by atoms with E-state index in [1.165, 1.54) is 36.3 Å². The van der Waals surface area contributed by atoms with Crippen molar-refractivity contribution in [2.45, 2.75) is 0 Å². The summed E-state index contributed by atoms with van der Waals surface area (Å²) >= 11 is 1.85. The topological polar surface area (TPSA) is 15.8 Å². The highest BCUT2D eigenvalue weighted by Crippen LogP contribution is 2.37. The second-order valence-corrected chi connectivity index (χ2v) is 8.57. The summed E-state index contributed by atoms with van der Waals surface area (Å²) < 4.78 is 2.63. The molecule has 2 aromatic heterocycles. The molecule has 2 heterocycles. The SMILES string of the molecule is c1ccccccc2cc3c(cc2c2ccccc2[nH]ccccc1)sc1ccccc13. The number of H-pyrrole nitrogens is 1. The highest BCUT2D eigenvalue weighted by Gasteiger charge is 2.06. The lowest BCUT2D eigenvalue weighted by Crippen LogP contribution is -1.76. The van der Waals surface area contributed by atoms with Gasteiger partial charge in [-0.1, -0.05) is 97.1 Å². The minimum atomic E-state index is 1.09. The summed E-state index contributed by atoms with van der Waals surface area (Å²) in [6.07, 6.45) is 1.98. The molecule has 0 spiro atoms. The van der Waals surface area contributed by atoms with Crippen LogP contribution < -0.4 is 0 Å². The molecule has 154 valence electrons. The standard InChI is InChI=1S/C30H23NS/c1-2-4-6-8-14-20-31-28-18-12-10-16-24(28)26-22-30-27(21-23(26)15-9-7-5-3-1)25-17-11-13-19-29(25)32-30/h1-22,31H. The van der Waals surface area contributed by atoms with E-state index in [-0.39, 0.29) is 0 Å². The van der Waals surface area contributed by atoms with Gasteiger partial charge in [-0.25, -0.2) is 0 Å². The maximum absolute atomic E-state index is 3.47. The Morgan fingerprint density at radius 1 is 0.438 bits per heavy atom. The first-order valence-electron chi connectivity index (χ1n) is 10.7. The van der Waals surface area contributed by atoms with Gasteiger partial charge in [0.1, 0.15) is 0 Å². The van der Waals surface area contributed by atoms with Gasteiger partial charge in [0.25, 0.3) is 0 Å². The lowest BCUT2D eigenvalue weighted by molar-refractivity contribution is 1.43. The van der Waals surface area contributed by atoms with Gasteiger partial charge in [-0.05, 0) is 41.1 Å². The quantitative estimate of drug-likeness (QED) is 0.253. The van der Waals surface area contributed by atoms with Crippen molar-refractivity contribution in [3.63, 3.8) is 0 Å². The molecule has 0 fully saturated rings. The Morgan fingerprint density at radius 2 is 1.06 bits per heavy atom. The van der Waals surface area contributed by atoms with Gasteiger partial charge < -0.3 is 4.98 Å². The molecule has 5 aromatic rings. The number of nitrogens with one attached hydrogen (secondary N) is 1. The fourth-order valence-corrected chi connectivity index (χ4v) is 5.00. The van der Waals surface area contributed by atoms with E-state index >= 15 is 0 Å². The molecular weight excluding hydrogens is 406 g/mol. The molecule has 0 saturated heterocycles. The molecule has 2 heteroatoms. The molecule has 0 aliphatic heterocycles. The minimum Gasteiger partial charge on any atom is -0.361 e. The summed E-state index contributed by atoms with van der Waals surface area (Å²) in [4.78, 5) is 3.47. The van der Waals surface area contributed by atoms with E-state index in [1.54, 1.807) is 0 Å². The maximum atomic E-state index is 3.47. The summed E-state index contributed by atoms with van der Waals surface area (Å²) in [6, 6.07) is 44.4. The van der Waals surface area contributed by atoms with E-state index < -0.39 is 0 Å². The molecule has 1 nitrogen and oxygen atoms in total. The third-order valence-electron chi connectivity index (χ3n) is 5.38. The largest absolute Gasteiger partial charge is 0.361 e. The molecule has 1 N–H and O–H groups in total. The molecule has 0 bridgehead atoms. The minimum absolute atomic E-state index is 1.09. The lowest BCUT2D eigenvalue weighted by atomic mass is 10.0. The summed E-state index contributed by atoms with van der Waals surface area (Å²) in [6.45, 7) is 0. The van der Waals surface area contributed by atoms with Gasteiger partial charge >= 0.3 is 0 Å². The first-order chi connectivity index (χ1) is 15.9. The van der Waals surface area contributed by atoms with E-state index in [9.17, 15) is 0 Å². The predicted molar refractivity (Wildman–Crippen MR) is 142 cm³/mol. The fraction of sp³-hybridized carbons (Fsp3) is 0. The van der Waals surface area contributed by atoms with Crippen molar-refractivity contribution < 1.29 is 0 Å². The van der Waals surface area contributed by atoms with Crippen LogP contribution in [0.5, 0.6) is 0 Å². The highest BCUT2D eigenvalue weighted by atomic mass is 32.1. The Balaban J connectivity index is 1.93. The Bertz CT molecular complexity index is 1590. The highest BCUT2D eigenvalue weighted by molar-refractivity contribution is 7.25. The van der Waals surface area contributed by atoms with Crippen molar-refractivity contribution >= 4 is 53.2 Å². The van der Waals surface area contributed by atoms with Crippen molar-refractivity contribution in [2.75, 3.05) is 0 Å². The number of fused-ring (bicyclic) bond motifs is 6. The van der Waals surface area contributed by atoms with E-state index in [4.69, 9.17) is 0 Å². The third-order valence-corrected chi connectivity index (χ3v) is 6.51. The van der Waals surface area contributed by atoms with Crippen LogP contribution in [0.2, 0.25) is 0 Å². The molecular formula is C30H23NS. The number of aromatic amines is 1. The summed E-state index contributed by atoms with van der Waals surface area (Å²) in [5, 5.41) is 6.25. The number of hydrogen-bond donors (Lipinski definition) is 1. The van der Waals surface area contributed by atoms with E-state index in [0.29, 0.717) is 0 Å². The third kappa shape index (κ3) is 4.27. The molecule has 0 atom stereocenters. The van der Waals surface area contributed by atoms with Crippen molar-refractivity contribution in [2.24, 2.45) is 0 Å². The van der Waals surface area contributed by atoms with Crippen LogP contribution >= 0.6 is 11.3 Å². The zero-order valence-corrected chi connectivity index (χ0v) is 18.4. The molecule has 0 radical (unpaired) electrons. The summed E-state index contributed by atoms with van der Waals surface area (Å²) in [7, 11) is 0. The molecule has 32 heavy (non-hydrogen) atoms. The summed E-state index contributed by atoms with van der Waals surface area (Å²) in [5.74, 6) is 0. The normalized spacial score (nSPS) is 10.5. The molecule has 5 rings (SSSR count). The zero-order chi connectivity index (χ0) is 21.6. The summed E-state index contributed by atoms with van der Waals surface area (Å²) in [5.41, 5.74) is 1.09. The maximum Gasteiger partial charge on any atom is 0.0459 e. The van der Waals surface area contributed by atoms with Crippen LogP contribution in [-0.2, 0) is 0 Å². The van der Waals surface area contributed by atoms with Crippen LogP contribution in [0.4, 0.5) is 0 Å². The Kier molecular flexibility index (Phi) is 5.95. The lowest BCUT2D eigenvalue weighted by Gasteiger charge is -2.01. The van der Waals surface area contributed by atoms with Crippen molar-refractivity contribution in [3.8, 4) is 0 Å². The second-order valence-electron chi connectivity index (χ2n) is 7.48. The van der Waals surface area contributed by atoms with Gasteiger partial charge in [0.05, 0.1) is 0 Å². The average Bonchev–Trinajstić information content (AvgIpc) is 3.19. The average molecular weight is 430 g/mol. The first-order valence-corrected chi connectivity index (χ1v) is 11.5. The zero-order valence-electron chi connectivity index (χ0n) is 17.6. The smallest absolute Gasteiger partial charge is 0.0459 e.